The molecule has 0 aromatic carbocycles. The Morgan fingerprint density at radius 1 is 0.765 bits per heavy atom. The van der Waals surface area contributed by atoms with Crippen LogP contribution in [0.25, 0.3) is 0 Å². The maximum Gasteiger partial charge on any atom is 0.328 e. The van der Waals surface area contributed by atoms with Gasteiger partial charge in [-0.1, -0.05) is 0 Å². The number of carboxylic acids is 3. The molecule has 11 N–H and O–H groups in total. The molecule has 0 aliphatic heterocycles. The van der Waals surface area contributed by atoms with Crippen molar-refractivity contribution in [2.45, 2.75) is 69.3 Å². The molecular formula is C18H29N5O11. The number of carbonyl (C=O) groups excluding carboxylic acids is 4. The quantitative estimate of drug-likeness (QED) is 0.0993. The molecule has 0 spiro atoms. The molecule has 0 radical (unpaired) electrons. The van der Waals surface area contributed by atoms with Crippen molar-refractivity contribution in [3.05, 3.63) is 0 Å². The number of aliphatic hydroxyl groups is 1. The van der Waals surface area contributed by atoms with E-state index in [4.69, 9.17) is 26.8 Å². The van der Waals surface area contributed by atoms with Crippen molar-refractivity contribution < 1.29 is 54.0 Å². The van der Waals surface area contributed by atoms with Crippen LogP contribution in [0.2, 0.25) is 0 Å². The molecule has 4 amide bonds. The standard InChI is InChI=1S/C18H29N5O11/c1-7(24)14(18(33)34)23-17(32)10(3-5-13(28)29)22-16(31)9(2-4-12(26)27)21-15(30)8(19)6-11(20)25/h7-10,14,24H,2-6,19H2,1H3,(H2,20,25)(H,21,30)(H,22,31)(H,23,32)(H,26,27)(H,28,29)(H,33,34)/t7-,8+,9+,10+,14+/m1/s1. The monoisotopic (exact) mass is 491 g/mol. The predicted molar refractivity (Wildman–Crippen MR) is 111 cm³/mol. The van der Waals surface area contributed by atoms with E-state index < -0.39 is 104 Å². The van der Waals surface area contributed by atoms with Gasteiger partial charge in [0.15, 0.2) is 6.04 Å². The number of carbonyl (C=O) groups is 7. The molecule has 0 aromatic rings. The summed E-state index contributed by atoms with van der Waals surface area (Å²) < 4.78 is 0. The van der Waals surface area contributed by atoms with Crippen molar-refractivity contribution in [2.75, 3.05) is 0 Å². The summed E-state index contributed by atoms with van der Waals surface area (Å²) in [7, 11) is 0. The number of carboxylic acid groups (broad SMARTS) is 3. The molecule has 0 aliphatic carbocycles. The first-order valence-corrected chi connectivity index (χ1v) is 9.95. The summed E-state index contributed by atoms with van der Waals surface area (Å²) in [5, 5.41) is 42.6. The maximum absolute atomic E-state index is 12.7. The van der Waals surface area contributed by atoms with E-state index in [0.29, 0.717) is 0 Å². The zero-order chi connectivity index (χ0) is 26.6. The molecule has 16 heteroatoms. The lowest BCUT2D eigenvalue weighted by atomic mass is 10.1. The SMILES string of the molecule is C[C@@H](O)[C@H](NC(=O)[C@H](CCC(=O)O)NC(=O)[C@H](CCC(=O)O)NC(=O)[C@@H](N)CC(N)=O)C(=O)O. The molecular weight excluding hydrogens is 462 g/mol. The average Bonchev–Trinajstić information content (AvgIpc) is 2.70. The van der Waals surface area contributed by atoms with E-state index in [1.807, 2.05) is 5.32 Å². The fourth-order valence-corrected chi connectivity index (χ4v) is 2.58. The molecule has 0 bridgehead atoms. The minimum absolute atomic E-state index is 0.463. The first-order chi connectivity index (χ1) is 15.6. The van der Waals surface area contributed by atoms with Crippen molar-refractivity contribution in [2.24, 2.45) is 11.5 Å². The highest BCUT2D eigenvalue weighted by Crippen LogP contribution is 2.05. The van der Waals surface area contributed by atoms with Crippen molar-refractivity contribution in [1.29, 1.82) is 0 Å². The first kappa shape index (κ1) is 30.2. The van der Waals surface area contributed by atoms with E-state index in [9.17, 15) is 38.7 Å². The Bertz CT molecular complexity index is 801. The first-order valence-electron chi connectivity index (χ1n) is 9.95. The molecule has 16 nitrogen and oxygen atoms in total. The van der Waals surface area contributed by atoms with Crippen LogP contribution in [0.15, 0.2) is 0 Å². The van der Waals surface area contributed by atoms with Crippen LogP contribution in [0, 0.1) is 0 Å². The summed E-state index contributed by atoms with van der Waals surface area (Å²) in [6.07, 6.45) is -4.29. The highest BCUT2D eigenvalue weighted by molar-refractivity contribution is 5.95. The molecule has 0 aromatic heterocycles. The number of nitrogens with one attached hydrogen (secondary N) is 3. The molecule has 0 saturated heterocycles. The lowest BCUT2D eigenvalue weighted by molar-refractivity contribution is -0.145. The van der Waals surface area contributed by atoms with Crippen molar-refractivity contribution >= 4 is 41.5 Å². The predicted octanol–water partition coefficient (Wildman–Crippen LogP) is -4.16. The topological polar surface area (TPSA) is 289 Å². The summed E-state index contributed by atoms with van der Waals surface area (Å²) in [4.78, 5) is 81.3. The Balaban J connectivity index is 5.64. The van der Waals surface area contributed by atoms with Gasteiger partial charge in [0.1, 0.15) is 12.1 Å². The van der Waals surface area contributed by atoms with Crippen LogP contribution in [0.3, 0.4) is 0 Å². The number of hydrogen-bond acceptors (Lipinski definition) is 9. The smallest absolute Gasteiger partial charge is 0.328 e. The molecule has 0 unspecified atom stereocenters. The largest absolute Gasteiger partial charge is 0.481 e. The number of aliphatic hydroxyl groups excluding tert-OH is 1. The van der Waals surface area contributed by atoms with E-state index in [1.165, 1.54) is 0 Å². The van der Waals surface area contributed by atoms with Crippen molar-refractivity contribution in [1.82, 2.24) is 16.0 Å². The zero-order valence-electron chi connectivity index (χ0n) is 18.2. The van der Waals surface area contributed by atoms with Crippen LogP contribution >= 0.6 is 0 Å². The van der Waals surface area contributed by atoms with E-state index in [2.05, 4.69) is 10.6 Å². The van der Waals surface area contributed by atoms with Crippen LogP contribution in [0.4, 0.5) is 0 Å². The van der Waals surface area contributed by atoms with Crippen LogP contribution in [0.1, 0.15) is 39.0 Å². The number of amides is 4. The van der Waals surface area contributed by atoms with Gasteiger partial charge in [0.2, 0.25) is 23.6 Å². The summed E-state index contributed by atoms with van der Waals surface area (Å²) in [6, 6.07) is -6.40. The summed E-state index contributed by atoms with van der Waals surface area (Å²) >= 11 is 0. The molecule has 0 heterocycles. The Kier molecular flexibility index (Phi) is 12.8. The van der Waals surface area contributed by atoms with Gasteiger partial charge in [-0.25, -0.2) is 4.79 Å². The third-order valence-electron chi connectivity index (χ3n) is 4.36. The van der Waals surface area contributed by atoms with Gasteiger partial charge in [0, 0.05) is 12.8 Å². The van der Waals surface area contributed by atoms with Gasteiger partial charge in [-0.2, -0.15) is 0 Å². The second-order valence-corrected chi connectivity index (χ2v) is 7.33. The van der Waals surface area contributed by atoms with Crippen molar-refractivity contribution in [3.63, 3.8) is 0 Å². The zero-order valence-corrected chi connectivity index (χ0v) is 18.2. The number of primary amides is 1. The molecule has 192 valence electrons. The Hall–Kier alpha value is -3.79. The summed E-state index contributed by atoms with van der Waals surface area (Å²) in [5.41, 5.74) is 10.4. The second-order valence-electron chi connectivity index (χ2n) is 7.33. The number of hydrogen-bond donors (Lipinski definition) is 9. The number of rotatable bonds is 16. The van der Waals surface area contributed by atoms with Gasteiger partial charge < -0.3 is 47.8 Å². The van der Waals surface area contributed by atoms with Crippen LogP contribution in [-0.4, -0.2) is 92.2 Å². The van der Waals surface area contributed by atoms with Crippen LogP contribution in [0.5, 0.6) is 0 Å². The van der Waals surface area contributed by atoms with Gasteiger partial charge in [-0.05, 0) is 19.8 Å². The third kappa shape index (κ3) is 11.7. The van der Waals surface area contributed by atoms with Gasteiger partial charge in [0.25, 0.3) is 0 Å². The molecule has 0 fully saturated rings. The second kappa shape index (κ2) is 14.4. The summed E-state index contributed by atoms with van der Waals surface area (Å²) in [5.74, 6) is -8.43. The highest BCUT2D eigenvalue weighted by atomic mass is 16.4. The summed E-state index contributed by atoms with van der Waals surface area (Å²) in [6.45, 7) is 1.08. The van der Waals surface area contributed by atoms with Gasteiger partial charge in [0.05, 0.1) is 18.6 Å². The van der Waals surface area contributed by atoms with Gasteiger partial charge >= 0.3 is 17.9 Å². The van der Waals surface area contributed by atoms with Crippen LogP contribution < -0.4 is 27.4 Å². The Labute approximate surface area is 193 Å². The van der Waals surface area contributed by atoms with E-state index >= 15 is 0 Å². The maximum atomic E-state index is 12.7. The van der Waals surface area contributed by atoms with E-state index in [1.54, 1.807) is 0 Å². The lowest BCUT2D eigenvalue weighted by Gasteiger charge is -2.25. The average molecular weight is 491 g/mol. The molecule has 0 saturated carbocycles. The third-order valence-corrected chi connectivity index (χ3v) is 4.36. The highest BCUT2D eigenvalue weighted by Gasteiger charge is 2.32. The fourth-order valence-electron chi connectivity index (χ4n) is 2.58. The molecule has 34 heavy (non-hydrogen) atoms. The Morgan fingerprint density at radius 3 is 1.53 bits per heavy atom. The normalized spacial score (nSPS) is 15.0. The number of nitrogens with two attached hydrogens (primary N) is 2. The van der Waals surface area contributed by atoms with E-state index in [0.717, 1.165) is 6.92 Å². The van der Waals surface area contributed by atoms with E-state index in [-0.39, 0.29) is 0 Å². The lowest BCUT2D eigenvalue weighted by Crippen LogP contribution is -2.58. The van der Waals surface area contributed by atoms with Crippen molar-refractivity contribution in [3.8, 4) is 0 Å². The minimum atomic E-state index is -1.77. The van der Waals surface area contributed by atoms with Crippen LogP contribution in [-0.2, 0) is 33.6 Å². The molecule has 0 rings (SSSR count). The minimum Gasteiger partial charge on any atom is -0.481 e. The number of aliphatic carboxylic acids is 3. The molecule has 5 atom stereocenters. The van der Waals surface area contributed by atoms with Gasteiger partial charge in [-0.15, -0.1) is 0 Å². The molecule has 0 aliphatic rings. The Morgan fingerprint density at radius 2 is 1.18 bits per heavy atom. The fraction of sp³-hybridized carbons (Fsp3) is 0.611. The van der Waals surface area contributed by atoms with Gasteiger partial charge in [-0.3, -0.25) is 28.8 Å².